The Morgan fingerprint density at radius 1 is 0.524 bits per heavy atom. The summed E-state index contributed by atoms with van der Waals surface area (Å²) in [7, 11) is 15.6. The standard InChI is InChI=1S/C17H23B2N4.C17H21B2N4.C16H20N2Si.C13H12N2.C7H16O3.C6H7N.C5H12O2.Pt/c2*1-20(2)18-19(21(3)4)23(17-13-9-6-10-14-17)15-22(18)16-11-7-5-8-12-16;1-19(2,3)18(16-12-8-5-9-13-16)14-17-15-10-6-4-7-11-15;1-3-7-12(8-4-1)14-11-15-13-9-5-2-6-10-13;1-4-8-7(9-5-2)10-6-3;7-6-4-2-1-3-5-6;1-4(6)3-5(2)7;/h5-15H,1-4H3;5-13H,1-4H3;4-14H,1-3H3;1-11H,(H,14,15);7H,4-6H2,1-3H3;1-5H,7H2;4-7H,3H2,1-2H3;/q+1;-1;;;;;;. The number of nitrogens with two attached hydrogens (primary N) is 1. The van der Waals surface area contributed by atoms with Crippen LogP contribution in [0.3, 0.4) is 0 Å². The van der Waals surface area contributed by atoms with Crippen molar-refractivity contribution >= 4 is 110 Å². The monoisotopic (exact) mass is 1610 g/mol. The minimum absolute atomic E-state index is 0.186. The molecule has 24 heteroatoms. The number of para-hydroxylation sites is 9. The fraction of sp³-hybridized carbons (Fsp3) is 0.284. The molecule has 9 aromatic rings. The van der Waals surface area contributed by atoms with E-state index in [1.807, 2.05) is 167 Å². The van der Waals surface area contributed by atoms with Gasteiger partial charge >= 0.3 is 170 Å². The number of rotatable bonds is 23. The van der Waals surface area contributed by atoms with E-state index in [2.05, 4.69) is 293 Å². The second kappa shape index (κ2) is 47.8. The number of hydrogen-bond acceptors (Lipinski definition) is 15. The molecule has 1 fully saturated rings. The number of aliphatic imine (C=N–C) groups is 2. The van der Waals surface area contributed by atoms with Gasteiger partial charge in [-0.25, -0.2) is 9.98 Å². The zero-order valence-electron chi connectivity index (χ0n) is 64.4. The molecular formula is C81H111B4N13O5PtSi. The normalized spacial score (nSPS) is 13.2. The van der Waals surface area contributed by atoms with Crippen molar-refractivity contribution in [2.75, 3.05) is 106 Å². The molecule has 2 aliphatic rings. The average Bonchev–Trinajstić information content (AvgIpc) is 1.60. The fourth-order valence-corrected chi connectivity index (χ4v) is 13.5. The smallest absolute Gasteiger partial charge is 0.399 e. The molecule has 0 bridgehead atoms. The number of nitrogens with zero attached hydrogens (tertiary/aromatic N) is 11. The third kappa shape index (κ3) is 30.5. The van der Waals surface area contributed by atoms with E-state index in [1.54, 1.807) is 20.2 Å². The summed E-state index contributed by atoms with van der Waals surface area (Å²) in [5.74, 6) is 0. The summed E-state index contributed by atoms with van der Waals surface area (Å²) >= 11 is 2.44. The summed E-state index contributed by atoms with van der Waals surface area (Å²) in [6.45, 7) is 18.2. The van der Waals surface area contributed by atoms with Gasteiger partial charge in [-0.3, -0.25) is 9.30 Å². The van der Waals surface area contributed by atoms with Crippen LogP contribution in [0.1, 0.15) is 41.0 Å². The first-order valence-electron chi connectivity index (χ1n) is 35.6. The Balaban J connectivity index is 0.000000230. The Morgan fingerprint density at radius 2 is 0.933 bits per heavy atom. The maximum Gasteiger partial charge on any atom is 0.506 e. The summed E-state index contributed by atoms with van der Waals surface area (Å²) in [4.78, 5) is 25.1. The van der Waals surface area contributed by atoms with E-state index in [4.69, 9.17) is 30.2 Å². The SMILES string of the molecule is C(=Nc1ccccc1)Nc1ccccc1.CC(O)CC(C)O.CCOC(OCC)OCC.CN(C)B1B(N(C)C)N(c2ccccc2)[C](=[Pt])N1c1[c-]cccc1.CN(C)B1B(N(C)C)[N+](c2ccccc2)=CN1c1ccccc1.C[Si](C)(C)N(C=Nc1ccccc1)c1ccccc1.Nc1ccccc1. The van der Waals surface area contributed by atoms with Gasteiger partial charge in [-0.05, 0) is 154 Å². The van der Waals surface area contributed by atoms with Crippen LogP contribution in [0.25, 0.3) is 0 Å². The second-order valence-corrected chi connectivity index (χ2v) is 32.1. The maximum atomic E-state index is 8.56. The number of aliphatic hydroxyl groups excluding tert-OH is 2. The van der Waals surface area contributed by atoms with E-state index in [1.165, 1.54) is 26.9 Å². The van der Waals surface area contributed by atoms with Gasteiger partial charge in [0.2, 0.25) is 6.34 Å². The molecule has 5 N–H and O–H groups in total. The molecule has 1 saturated heterocycles. The van der Waals surface area contributed by atoms with Crippen LogP contribution in [-0.4, -0.2) is 188 Å². The van der Waals surface area contributed by atoms with Gasteiger partial charge in [-0.2, -0.15) is 0 Å². The Kier molecular flexibility index (Phi) is 39.7. The van der Waals surface area contributed by atoms with Crippen molar-refractivity contribution in [1.29, 1.82) is 0 Å². The van der Waals surface area contributed by atoms with Gasteiger partial charge < -0.3 is 49.7 Å². The van der Waals surface area contributed by atoms with Crippen LogP contribution in [0.4, 0.5) is 51.2 Å². The Labute approximate surface area is 642 Å². The molecule has 18 nitrogen and oxygen atoms in total. The van der Waals surface area contributed by atoms with Crippen molar-refractivity contribution < 1.29 is 48.3 Å². The van der Waals surface area contributed by atoms with Crippen LogP contribution >= 0.6 is 0 Å². The molecule has 0 radical (unpaired) electrons. The maximum absolute atomic E-state index is 8.56. The van der Waals surface area contributed by atoms with Crippen molar-refractivity contribution in [3.05, 3.63) is 273 Å². The molecule has 2 aliphatic heterocycles. The molecule has 0 aliphatic carbocycles. The predicted octanol–water partition coefficient (Wildman–Crippen LogP) is 14.6. The van der Waals surface area contributed by atoms with E-state index in [0.717, 1.165) is 28.4 Å². The first kappa shape index (κ1) is 87.1. The van der Waals surface area contributed by atoms with Crippen LogP contribution in [0.15, 0.2) is 277 Å². The van der Waals surface area contributed by atoms with Crippen LogP contribution in [0, 0.1) is 6.07 Å². The van der Waals surface area contributed by atoms with Gasteiger partial charge in [0.25, 0.3) is 6.48 Å². The quantitative estimate of drug-likeness (QED) is 0.0120. The molecule has 2 unspecified atom stereocenters. The van der Waals surface area contributed by atoms with E-state index in [9.17, 15) is 0 Å². The Morgan fingerprint density at radius 3 is 1.33 bits per heavy atom. The minimum Gasteiger partial charge on any atom is -0.399 e. The molecule has 105 heavy (non-hydrogen) atoms. The van der Waals surface area contributed by atoms with Gasteiger partial charge in [0.1, 0.15) is 11.4 Å². The van der Waals surface area contributed by atoms with Gasteiger partial charge in [-0.1, -0.05) is 147 Å². The number of anilines is 6. The molecule has 11 rings (SSSR count). The zero-order chi connectivity index (χ0) is 76.5. The summed E-state index contributed by atoms with van der Waals surface area (Å²) in [5, 5.41) is 20.2. The third-order valence-electron chi connectivity index (χ3n) is 15.7. The molecule has 9 aromatic carbocycles. The number of ether oxygens (including phenoxy) is 3. The fourth-order valence-electron chi connectivity index (χ4n) is 11.0. The first-order valence-corrected chi connectivity index (χ1v) is 40.2. The van der Waals surface area contributed by atoms with E-state index in [-0.39, 0.29) is 39.7 Å². The van der Waals surface area contributed by atoms with Crippen molar-refractivity contribution in [2.24, 2.45) is 9.98 Å². The number of nitrogen functional groups attached to an aromatic ring is 1. The van der Waals surface area contributed by atoms with Crippen LogP contribution in [0.2, 0.25) is 19.6 Å². The Bertz CT molecular complexity index is 3760. The van der Waals surface area contributed by atoms with E-state index in [0.29, 0.717) is 26.2 Å². The molecule has 0 spiro atoms. The number of benzene rings is 9. The number of aliphatic hydroxyl groups is 2. The topological polar surface area (TPSA) is 160 Å². The summed E-state index contributed by atoms with van der Waals surface area (Å²) < 4.78 is 21.1. The summed E-state index contributed by atoms with van der Waals surface area (Å²) in [6.07, 6.45) is 5.61. The predicted molar refractivity (Wildman–Crippen MR) is 450 cm³/mol. The molecule has 2 heterocycles. The van der Waals surface area contributed by atoms with Gasteiger partial charge in [0, 0.05) is 36.9 Å². The molecule has 0 amide bonds. The van der Waals surface area contributed by atoms with E-state index >= 15 is 0 Å². The zero-order valence-corrected chi connectivity index (χ0v) is 67.7. The van der Waals surface area contributed by atoms with Crippen LogP contribution < -0.4 is 30.0 Å². The van der Waals surface area contributed by atoms with Crippen molar-refractivity contribution in [3.63, 3.8) is 0 Å². The number of hydrogen-bond donors (Lipinski definition) is 4. The molecule has 2 atom stereocenters. The van der Waals surface area contributed by atoms with Crippen LogP contribution in [0.5, 0.6) is 0 Å². The second-order valence-electron chi connectivity index (χ2n) is 26.2. The average molecular weight is 1610 g/mol. The molecule has 556 valence electrons. The largest absolute Gasteiger partial charge is 0.506 e. The number of nitrogens with one attached hydrogen (secondary N) is 1. The van der Waals surface area contributed by atoms with Gasteiger partial charge in [-0.15, -0.1) is 0 Å². The molecular weight excluding hydrogens is 1500 g/mol. The summed E-state index contributed by atoms with van der Waals surface area (Å²) in [6, 6.07) is 93.0. The van der Waals surface area contributed by atoms with Gasteiger partial charge in [0.15, 0.2) is 8.24 Å². The molecule has 0 saturated carbocycles. The van der Waals surface area contributed by atoms with Crippen molar-refractivity contribution in [3.8, 4) is 0 Å². The summed E-state index contributed by atoms with van der Waals surface area (Å²) in [5.41, 5.74) is 15.1. The molecule has 0 aromatic heterocycles. The minimum atomic E-state index is -1.50. The first-order chi connectivity index (χ1) is 50.5. The van der Waals surface area contributed by atoms with Crippen molar-refractivity contribution in [1.82, 2.24) is 19.2 Å². The van der Waals surface area contributed by atoms with Crippen LogP contribution in [-0.2, 0) is 33.6 Å². The van der Waals surface area contributed by atoms with Crippen molar-refractivity contribution in [2.45, 2.75) is 79.4 Å². The van der Waals surface area contributed by atoms with Gasteiger partial charge in [0.05, 0.1) is 36.3 Å². The Hall–Kier alpha value is -8.54. The van der Waals surface area contributed by atoms with E-state index < -0.39 is 14.7 Å². The third-order valence-corrected chi connectivity index (χ3v) is 18.6.